The lowest BCUT2D eigenvalue weighted by molar-refractivity contribution is 0.258. The fraction of sp³-hybridized carbons (Fsp3) is 0.312. The highest BCUT2D eigenvalue weighted by molar-refractivity contribution is 9.10. The molecule has 4 rings (SSSR count). The van der Waals surface area contributed by atoms with Gasteiger partial charge < -0.3 is 5.73 Å². The van der Waals surface area contributed by atoms with Crippen molar-refractivity contribution in [2.24, 2.45) is 0 Å². The van der Waals surface area contributed by atoms with Gasteiger partial charge >= 0.3 is 0 Å². The third-order valence-electron chi connectivity index (χ3n) is 4.30. The van der Waals surface area contributed by atoms with Crippen LogP contribution in [-0.4, -0.2) is 31.0 Å². The summed E-state index contributed by atoms with van der Waals surface area (Å²) in [5.41, 5.74) is 8.82. The van der Waals surface area contributed by atoms with Gasteiger partial charge in [-0.2, -0.15) is 9.50 Å². The van der Waals surface area contributed by atoms with Gasteiger partial charge in [-0.3, -0.25) is 14.8 Å². The van der Waals surface area contributed by atoms with Gasteiger partial charge in [0.1, 0.15) is 0 Å². The number of fused-ring (bicyclic) bond motifs is 2. The Hall–Kier alpha value is -2.19. The molecule has 24 heavy (non-hydrogen) atoms. The number of H-pyrrole nitrogens is 1. The Balaban J connectivity index is 1.62. The zero-order valence-corrected chi connectivity index (χ0v) is 14.6. The van der Waals surface area contributed by atoms with Crippen LogP contribution in [0.1, 0.15) is 23.2 Å². The van der Waals surface area contributed by atoms with Gasteiger partial charge in [-0.25, -0.2) is 4.98 Å². The van der Waals surface area contributed by atoms with Crippen molar-refractivity contribution in [3.63, 3.8) is 0 Å². The smallest absolute Gasteiger partial charge is 0.274 e. The van der Waals surface area contributed by atoms with E-state index in [1.165, 1.54) is 26.2 Å². The Morgan fingerprint density at radius 2 is 2.21 bits per heavy atom. The van der Waals surface area contributed by atoms with Crippen molar-refractivity contribution in [2.75, 3.05) is 12.3 Å². The van der Waals surface area contributed by atoms with E-state index in [1.807, 2.05) is 0 Å². The number of rotatable bonds is 2. The molecule has 0 unspecified atom stereocenters. The molecule has 1 aliphatic heterocycles. The summed E-state index contributed by atoms with van der Waals surface area (Å²) in [6.45, 7) is 2.42. The van der Waals surface area contributed by atoms with Gasteiger partial charge in [0.2, 0.25) is 5.95 Å². The molecular weight excluding hydrogens is 372 g/mol. The fourth-order valence-corrected chi connectivity index (χ4v) is 3.83. The molecule has 7 nitrogen and oxygen atoms in total. The predicted octanol–water partition coefficient (Wildman–Crippen LogP) is 1.71. The highest BCUT2D eigenvalue weighted by atomic mass is 79.9. The lowest BCUT2D eigenvalue weighted by Gasteiger charge is -2.19. The van der Waals surface area contributed by atoms with E-state index in [0.29, 0.717) is 18.0 Å². The lowest BCUT2D eigenvalue weighted by Crippen LogP contribution is -2.25. The predicted molar refractivity (Wildman–Crippen MR) is 94.6 cm³/mol. The molecule has 0 aliphatic carbocycles. The third kappa shape index (κ3) is 2.83. The summed E-state index contributed by atoms with van der Waals surface area (Å²) in [5.74, 6) is 0.498. The Morgan fingerprint density at radius 3 is 3.08 bits per heavy atom. The zero-order chi connectivity index (χ0) is 16.7. The first kappa shape index (κ1) is 15.3. The number of nitrogens with one attached hydrogen (secondary N) is 1. The van der Waals surface area contributed by atoms with E-state index in [-0.39, 0.29) is 11.5 Å². The number of aromatic amines is 1. The standard InChI is InChI=1S/C16H17BrN6O/c17-13-5-1-3-10-8-22(6-2-4-12(10)13)9-11-7-14(24)23-16(19-11)20-15(18)21-23/h1,3,5,7H,2,4,6,8-9H2,(H3,18,19,20,21). The van der Waals surface area contributed by atoms with Crippen molar-refractivity contribution in [2.45, 2.75) is 25.9 Å². The maximum Gasteiger partial charge on any atom is 0.274 e. The number of halogens is 1. The van der Waals surface area contributed by atoms with Crippen molar-refractivity contribution < 1.29 is 0 Å². The zero-order valence-electron chi connectivity index (χ0n) is 13.0. The molecule has 0 saturated carbocycles. The van der Waals surface area contributed by atoms with E-state index in [0.717, 1.165) is 25.9 Å². The summed E-state index contributed by atoms with van der Waals surface area (Å²) in [5, 5.41) is 2.68. The van der Waals surface area contributed by atoms with E-state index >= 15 is 0 Å². The average molecular weight is 389 g/mol. The van der Waals surface area contributed by atoms with Crippen LogP contribution >= 0.6 is 15.9 Å². The molecule has 0 radical (unpaired) electrons. The van der Waals surface area contributed by atoms with Crippen molar-refractivity contribution in [3.8, 4) is 0 Å². The van der Waals surface area contributed by atoms with Crippen LogP contribution in [0.2, 0.25) is 0 Å². The molecule has 2 aromatic heterocycles. The number of nitrogen functional groups attached to an aromatic ring is 1. The van der Waals surface area contributed by atoms with E-state index in [9.17, 15) is 4.79 Å². The van der Waals surface area contributed by atoms with E-state index in [2.05, 4.69) is 54.1 Å². The van der Waals surface area contributed by atoms with E-state index < -0.39 is 0 Å². The van der Waals surface area contributed by atoms with Gasteiger partial charge in [-0.1, -0.05) is 28.1 Å². The van der Waals surface area contributed by atoms with Crippen molar-refractivity contribution in [1.82, 2.24) is 24.5 Å². The second kappa shape index (κ2) is 6.03. The quantitative estimate of drug-likeness (QED) is 0.696. The number of aromatic nitrogens is 4. The Bertz CT molecular complexity index is 963. The first-order valence-electron chi connectivity index (χ1n) is 7.83. The van der Waals surface area contributed by atoms with Crippen LogP contribution in [-0.2, 0) is 19.5 Å². The minimum Gasteiger partial charge on any atom is -0.368 e. The van der Waals surface area contributed by atoms with Crippen LogP contribution in [0, 0.1) is 0 Å². The molecule has 0 spiro atoms. The van der Waals surface area contributed by atoms with Gasteiger partial charge in [0, 0.05) is 23.6 Å². The third-order valence-corrected chi connectivity index (χ3v) is 5.04. The van der Waals surface area contributed by atoms with Crippen LogP contribution in [0.3, 0.4) is 0 Å². The number of hydrogen-bond donors (Lipinski definition) is 2. The largest absolute Gasteiger partial charge is 0.368 e. The monoisotopic (exact) mass is 388 g/mol. The molecule has 0 bridgehead atoms. The van der Waals surface area contributed by atoms with Gasteiger partial charge in [0.05, 0.1) is 5.69 Å². The van der Waals surface area contributed by atoms with Gasteiger partial charge in [-0.15, -0.1) is 0 Å². The highest BCUT2D eigenvalue weighted by Gasteiger charge is 2.17. The minimum atomic E-state index is -0.197. The Labute approximate surface area is 146 Å². The molecule has 0 atom stereocenters. The normalized spacial score (nSPS) is 15.4. The molecule has 3 heterocycles. The maximum absolute atomic E-state index is 12.1. The number of nitrogens with zero attached hydrogens (tertiary/aromatic N) is 4. The second-order valence-electron chi connectivity index (χ2n) is 6.02. The molecule has 1 aliphatic rings. The number of nitrogens with two attached hydrogens (primary N) is 1. The molecule has 0 amide bonds. The fourth-order valence-electron chi connectivity index (χ4n) is 3.22. The highest BCUT2D eigenvalue weighted by Crippen LogP contribution is 2.26. The SMILES string of the molecule is Nc1nc2nc(CN3CCCc4c(Br)cccc4C3)cc(=O)n2[nH]1. The van der Waals surface area contributed by atoms with Gasteiger partial charge in [-0.05, 0) is 36.6 Å². The Kier molecular flexibility index (Phi) is 3.85. The topological polar surface area (TPSA) is 92.3 Å². The second-order valence-corrected chi connectivity index (χ2v) is 6.88. The Morgan fingerprint density at radius 1 is 1.33 bits per heavy atom. The minimum absolute atomic E-state index is 0.185. The summed E-state index contributed by atoms with van der Waals surface area (Å²) >= 11 is 3.64. The van der Waals surface area contributed by atoms with Gasteiger partial charge in [0.25, 0.3) is 11.3 Å². The number of benzene rings is 1. The van der Waals surface area contributed by atoms with Crippen LogP contribution < -0.4 is 11.3 Å². The molecule has 1 aromatic carbocycles. The lowest BCUT2D eigenvalue weighted by atomic mass is 10.0. The number of anilines is 1. The summed E-state index contributed by atoms with van der Waals surface area (Å²) in [7, 11) is 0. The van der Waals surface area contributed by atoms with Crippen LogP contribution in [0.15, 0.2) is 33.5 Å². The van der Waals surface area contributed by atoms with Gasteiger partial charge in [0.15, 0.2) is 0 Å². The summed E-state index contributed by atoms with van der Waals surface area (Å²) in [6.07, 6.45) is 2.13. The van der Waals surface area contributed by atoms with E-state index in [1.54, 1.807) is 0 Å². The van der Waals surface area contributed by atoms with Crippen molar-refractivity contribution in [1.29, 1.82) is 0 Å². The molecular formula is C16H17BrN6O. The van der Waals surface area contributed by atoms with E-state index in [4.69, 9.17) is 5.73 Å². The molecule has 3 N–H and O–H groups in total. The molecule has 8 heteroatoms. The molecule has 0 fully saturated rings. The molecule has 0 saturated heterocycles. The summed E-state index contributed by atoms with van der Waals surface area (Å²) in [6, 6.07) is 7.86. The average Bonchev–Trinajstić information content (AvgIpc) is 2.78. The molecule has 124 valence electrons. The van der Waals surface area contributed by atoms with Crippen LogP contribution in [0.5, 0.6) is 0 Å². The first-order valence-corrected chi connectivity index (χ1v) is 8.62. The maximum atomic E-state index is 12.1. The summed E-state index contributed by atoms with van der Waals surface area (Å²) < 4.78 is 2.43. The van der Waals surface area contributed by atoms with Crippen LogP contribution in [0.25, 0.3) is 5.78 Å². The first-order chi connectivity index (χ1) is 11.6. The van der Waals surface area contributed by atoms with Crippen LogP contribution in [0.4, 0.5) is 5.95 Å². The van der Waals surface area contributed by atoms with Crippen molar-refractivity contribution in [3.05, 3.63) is 55.9 Å². The summed E-state index contributed by atoms with van der Waals surface area (Å²) in [4.78, 5) is 22.9. The molecule has 3 aromatic rings. The van der Waals surface area contributed by atoms with Crippen molar-refractivity contribution >= 4 is 27.7 Å². The number of hydrogen-bond acceptors (Lipinski definition) is 5.